The average Bonchev–Trinajstić information content (AvgIpc) is 3.32. The van der Waals surface area contributed by atoms with Crippen molar-refractivity contribution in [1.82, 2.24) is 19.8 Å². The molecule has 3 heterocycles. The first-order chi connectivity index (χ1) is 13.6. The maximum absolute atomic E-state index is 11.8. The van der Waals surface area contributed by atoms with Gasteiger partial charge in [-0.3, -0.25) is 9.69 Å². The van der Waals surface area contributed by atoms with E-state index in [2.05, 4.69) is 15.2 Å². The Hall–Kier alpha value is -2.38. The molecule has 2 aliphatic heterocycles. The molecular weight excluding hydrogens is 356 g/mol. The van der Waals surface area contributed by atoms with Crippen molar-refractivity contribution in [3.05, 3.63) is 48.5 Å². The second-order valence-corrected chi connectivity index (χ2v) is 8.01. The Morgan fingerprint density at radius 2 is 2.07 bits per heavy atom. The van der Waals surface area contributed by atoms with Gasteiger partial charge in [-0.05, 0) is 55.5 Å². The summed E-state index contributed by atoms with van der Waals surface area (Å²) >= 11 is 0. The molecule has 2 aliphatic rings. The summed E-state index contributed by atoms with van der Waals surface area (Å²) in [5.74, 6) is 0.129. The zero-order valence-electron chi connectivity index (χ0n) is 16.1. The van der Waals surface area contributed by atoms with Gasteiger partial charge in [-0.25, -0.2) is 4.98 Å². The highest BCUT2D eigenvalue weighted by molar-refractivity contribution is 5.74. The minimum absolute atomic E-state index is 0.157. The molecular formula is C21H28N4O3. The number of nitrogens with zero attached hydrogens (tertiary/aromatic N) is 3. The molecule has 1 spiro atoms. The van der Waals surface area contributed by atoms with E-state index >= 15 is 0 Å². The molecule has 4 rings (SSSR count). The number of aromatic nitrogens is 2. The van der Waals surface area contributed by atoms with Crippen molar-refractivity contribution < 1.29 is 14.6 Å². The zero-order valence-corrected chi connectivity index (χ0v) is 16.1. The summed E-state index contributed by atoms with van der Waals surface area (Å²) in [7, 11) is 0. The molecule has 0 amide bonds. The monoisotopic (exact) mass is 384 g/mol. The van der Waals surface area contributed by atoms with Gasteiger partial charge in [0.15, 0.2) is 0 Å². The third kappa shape index (κ3) is 4.36. The van der Waals surface area contributed by atoms with E-state index in [9.17, 15) is 9.90 Å². The number of rotatable bonds is 7. The molecule has 0 saturated carbocycles. The van der Waals surface area contributed by atoms with Gasteiger partial charge < -0.3 is 19.7 Å². The Labute approximate surface area is 165 Å². The van der Waals surface area contributed by atoms with Crippen LogP contribution in [0.5, 0.6) is 5.75 Å². The molecule has 150 valence electrons. The number of hydrogen-bond donors (Lipinski definition) is 2. The highest BCUT2D eigenvalue weighted by Gasteiger charge is 2.46. The number of likely N-dealkylation sites (tertiary alicyclic amines) is 1. The normalized spacial score (nSPS) is 21.8. The third-order valence-electron chi connectivity index (χ3n) is 6.04. The van der Waals surface area contributed by atoms with E-state index in [-0.39, 0.29) is 11.5 Å². The number of hydrogen-bond acceptors (Lipinski definition) is 5. The Bertz CT molecular complexity index is 769. The first-order valence-corrected chi connectivity index (χ1v) is 9.99. The number of piperidine rings is 1. The lowest BCUT2D eigenvalue weighted by molar-refractivity contribution is -0.142. The Morgan fingerprint density at radius 1 is 1.29 bits per heavy atom. The van der Waals surface area contributed by atoms with Crippen LogP contribution in [0.25, 0.3) is 0 Å². The van der Waals surface area contributed by atoms with Crippen LogP contribution < -0.4 is 10.1 Å². The van der Waals surface area contributed by atoms with Crippen molar-refractivity contribution in [3.63, 3.8) is 0 Å². The number of carboxylic acid groups (broad SMARTS) is 1. The second-order valence-electron chi connectivity index (χ2n) is 8.01. The first kappa shape index (κ1) is 19.0. The van der Waals surface area contributed by atoms with Crippen LogP contribution in [0.1, 0.15) is 24.8 Å². The number of imidazole rings is 1. The molecule has 0 radical (unpaired) electrons. The van der Waals surface area contributed by atoms with E-state index in [1.54, 1.807) is 12.5 Å². The molecule has 1 atom stereocenters. The quantitative estimate of drug-likeness (QED) is 0.760. The van der Waals surface area contributed by atoms with Crippen molar-refractivity contribution in [2.24, 2.45) is 5.41 Å². The maximum Gasteiger partial charge on any atom is 0.320 e. The predicted molar refractivity (Wildman–Crippen MR) is 105 cm³/mol. The molecule has 0 aliphatic carbocycles. The fourth-order valence-corrected chi connectivity index (χ4v) is 4.49. The van der Waals surface area contributed by atoms with Gasteiger partial charge in [0.1, 0.15) is 18.4 Å². The van der Waals surface area contributed by atoms with Gasteiger partial charge >= 0.3 is 5.97 Å². The summed E-state index contributed by atoms with van der Waals surface area (Å²) in [6.45, 7) is 4.86. The van der Waals surface area contributed by atoms with Gasteiger partial charge in [0.05, 0.1) is 12.9 Å². The van der Waals surface area contributed by atoms with Crippen LogP contribution in [0.15, 0.2) is 43.0 Å². The molecule has 0 bridgehead atoms. The molecule has 28 heavy (non-hydrogen) atoms. The second kappa shape index (κ2) is 8.32. The van der Waals surface area contributed by atoms with Crippen molar-refractivity contribution in [2.75, 3.05) is 26.2 Å². The summed E-state index contributed by atoms with van der Waals surface area (Å²) in [6, 6.07) is 7.63. The Morgan fingerprint density at radius 3 is 2.75 bits per heavy atom. The molecule has 1 aromatic heterocycles. The number of ether oxygens (including phenoxy) is 1. The highest BCUT2D eigenvalue weighted by atomic mass is 16.5. The van der Waals surface area contributed by atoms with Gasteiger partial charge in [0, 0.05) is 25.5 Å². The minimum Gasteiger partial charge on any atom is -0.492 e. The van der Waals surface area contributed by atoms with Crippen molar-refractivity contribution >= 4 is 5.97 Å². The number of nitrogens with one attached hydrogen (secondary N) is 1. The molecule has 2 fully saturated rings. The molecule has 2 N–H and O–H groups in total. The SMILES string of the molecule is O=C(O)C1CC2(CCNCC2)CN1Cc1ccc(OCCn2ccnc2)cc1. The molecule has 1 unspecified atom stereocenters. The summed E-state index contributed by atoms with van der Waals surface area (Å²) in [5.41, 5.74) is 1.28. The molecule has 2 saturated heterocycles. The Kier molecular flexibility index (Phi) is 5.64. The summed E-state index contributed by atoms with van der Waals surface area (Å²) < 4.78 is 7.77. The number of aliphatic carboxylic acids is 1. The van der Waals surface area contributed by atoms with E-state index in [4.69, 9.17) is 4.74 Å². The van der Waals surface area contributed by atoms with Crippen LogP contribution in [0, 0.1) is 5.41 Å². The van der Waals surface area contributed by atoms with Crippen LogP contribution in [-0.2, 0) is 17.9 Å². The summed E-state index contributed by atoms with van der Waals surface area (Å²) in [4.78, 5) is 18.0. The van der Waals surface area contributed by atoms with E-state index < -0.39 is 5.97 Å². The van der Waals surface area contributed by atoms with Crippen LogP contribution in [-0.4, -0.2) is 57.8 Å². The van der Waals surface area contributed by atoms with Gasteiger partial charge in [-0.1, -0.05) is 12.1 Å². The van der Waals surface area contributed by atoms with E-state index in [0.29, 0.717) is 13.2 Å². The number of carboxylic acids is 1. The lowest BCUT2D eigenvalue weighted by Gasteiger charge is -2.33. The van der Waals surface area contributed by atoms with Crippen LogP contribution in [0.2, 0.25) is 0 Å². The van der Waals surface area contributed by atoms with E-state index in [0.717, 1.165) is 56.8 Å². The minimum atomic E-state index is -0.699. The van der Waals surface area contributed by atoms with Gasteiger partial charge in [-0.2, -0.15) is 0 Å². The number of benzene rings is 1. The van der Waals surface area contributed by atoms with Crippen molar-refractivity contribution in [3.8, 4) is 5.75 Å². The van der Waals surface area contributed by atoms with E-state index in [1.807, 2.05) is 35.0 Å². The predicted octanol–water partition coefficient (Wildman–Crippen LogP) is 1.99. The van der Waals surface area contributed by atoms with Crippen molar-refractivity contribution in [1.29, 1.82) is 0 Å². The van der Waals surface area contributed by atoms with Crippen LogP contribution in [0.4, 0.5) is 0 Å². The van der Waals surface area contributed by atoms with Gasteiger partial charge in [0.25, 0.3) is 0 Å². The third-order valence-corrected chi connectivity index (χ3v) is 6.04. The molecule has 2 aromatic rings. The lowest BCUT2D eigenvalue weighted by Crippen LogP contribution is -2.38. The fraction of sp³-hybridized carbons (Fsp3) is 0.524. The Balaban J connectivity index is 1.34. The largest absolute Gasteiger partial charge is 0.492 e. The summed E-state index contributed by atoms with van der Waals surface area (Å²) in [6.07, 6.45) is 8.34. The first-order valence-electron chi connectivity index (χ1n) is 9.99. The molecule has 7 heteroatoms. The maximum atomic E-state index is 11.8. The molecule has 7 nitrogen and oxygen atoms in total. The number of carbonyl (C=O) groups is 1. The van der Waals surface area contributed by atoms with E-state index in [1.165, 1.54) is 0 Å². The van der Waals surface area contributed by atoms with Crippen LogP contribution >= 0.6 is 0 Å². The van der Waals surface area contributed by atoms with Gasteiger partial charge in [0.2, 0.25) is 0 Å². The highest BCUT2D eigenvalue weighted by Crippen LogP contribution is 2.42. The summed E-state index contributed by atoms with van der Waals surface area (Å²) in [5, 5.41) is 13.1. The van der Waals surface area contributed by atoms with Gasteiger partial charge in [-0.15, -0.1) is 0 Å². The topological polar surface area (TPSA) is 79.6 Å². The zero-order chi connectivity index (χ0) is 19.4. The average molecular weight is 384 g/mol. The lowest BCUT2D eigenvalue weighted by atomic mass is 9.77. The molecule has 1 aromatic carbocycles. The fourth-order valence-electron chi connectivity index (χ4n) is 4.49. The standard InChI is InChI=1S/C21H28N4O3/c26-20(27)19-13-21(5-7-22-8-6-21)15-25(19)14-17-1-3-18(4-2-17)28-12-11-24-10-9-23-16-24/h1-4,9-10,16,19,22H,5-8,11-15H2,(H,26,27). The van der Waals surface area contributed by atoms with Crippen LogP contribution in [0.3, 0.4) is 0 Å². The van der Waals surface area contributed by atoms with Crippen molar-refractivity contribution in [2.45, 2.75) is 38.4 Å². The smallest absolute Gasteiger partial charge is 0.320 e.